The summed E-state index contributed by atoms with van der Waals surface area (Å²) in [5.74, 6) is -1.52. The standard InChI is InChI=1S/C18H23N3O2S.C2HF3O2/c1-13-20-15(12-24-13)10-21-6-7-22-17-9-14(8-16(17)21)11-23-18-4-2-3-5-19-18;3-2(4,5)1(6)7/h2-5,12,14,16-17H,6-11H2,1H3;(H,6,7)/t14?,16-,17-;/m1./s1. The lowest BCUT2D eigenvalue weighted by Gasteiger charge is -2.37. The van der Waals surface area contributed by atoms with E-state index in [9.17, 15) is 13.2 Å². The second-order valence-electron chi connectivity index (χ2n) is 7.42. The summed E-state index contributed by atoms with van der Waals surface area (Å²) >= 11 is 1.73. The molecular formula is C20H24F3N3O4S. The topological polar surface area (TPSA) is 84.8 Å². The highest BCUT2D eigenvalue weighted by Gasteiger charge is 2.41. The number of pyridine rings is 1. The Labute approximate surface area is 181 Å². The van der Waals surface area contributed by atoms with Crippen LogP contribution in [0.3, 0.4) is 0 Å². The lowest BCUT2D eigenvalue weighted by molar-refractivity contribution is -0.192. The van der Waals surface area contributed by atoms with Crippen molar-refractivity contribution >= 4 is 17.3 Å². The van der Waals surface area contributed by atoms with Gasteiger partial charge in [-0.2, -0.15) is 13.2 Å². The fraction of sp³-hybridized carbons (Fsp3) is 0.550. The quantitative estimate of drug-likeness (QED) is 0.732. The van der Waals surface area contributed by atoms with Crippen LogP contribution in [0.5, 0.6) is 5.88 Å². The van der Waals surface area contributed by atoms with Gasteiger partial charge in [0, 0.05) is 36.8 Å². The Morgan fingerprint density at radius 2 is 2.16 bits per heavy atom. The van der Waals surface area contributed by atoms with Crippen LogP contribution in [0.4, 0.5) is 13.2 Å². The molecule has 170 valence electrons. The Morgan fingerprint density at radius 1 is 1.39 bits per heavy atom. The second-order valence-corrected chi connectivity index (χ2v) is 8.49. The highest BCUT2D eigenvalue weighted by atomic mass is 32.1. The van der Waals surface area contributed by atoms with Crippen LogP contribution in [-0.2, 0) is 16.1 Å². The third-order valence-corrected chi connectivity index (χ3v) is 5.95. The third kappa shape index (κ3) is 6.88. The summed E-state index contributed by atoms with van der Waals surface area (Å²) < 4.78 is 43.6. The molecule has 3 heterocycles. The van der Waals surface area contributed by atoms with Gasteiger partial charge in [0.25, 0.3) is 0 Å². The Balaban J connectivity index is 0.000000339. The van der Waals surface area contributed by atoms with Crippen molar-refractivity contribution in [3.05, 3.63) is 40.5 Å². The van der Waals surface area contributed by atoms with E-state index in [0.29, 0.717) is 23.9 Å². The van der Waals surface area contributed by atoms with Crippen LogP contribution in [0.25, 0.3) is 0 Å². The van der Waals surface area contributed by atoms with Crippen LogP contribution in [0, 0.1) is 12.8 Å². The molecular weight excluding hydrogens is 435 g/mol. The van der Waals surface area contributed by atoms with Gasteiger partial charge < -0.3 is 14.6 Å². The number of carbonyl (C=O) groups is 1. The second kappa shape index (κ2) is 10.4. The van der Waals surface area contributed by atoms with E-state index < -0.39 is 12.1 Å². The van der Waals surface area contributed by atoms with Crippen molar-refractivity contribution in [1.29, 1.82) is 0 Å². The predicted octanol–water partition coefficient (Wildman–Crippen LogP) is 3.54. The fourth-order valence-corrected chi connectivity index (χ4v) is 4.39. The van der Waals surface area contributed by atoms with Crippen LogP contribution >= 0.6 is 11.3 Å². The molecule has 0 spiro atoms. The molecule has 31 heavy (non-hydrogen) atoms. The molecule has 1 aliphatic carbocycles. The van der Waals surface area contributed by atoms with Gasteiger partial charge in [0.1, 0.15) is 0 Å². The Morgan fingerprint density at radius 3 is 2.77 bits per heavy atom. The molecule has 0 radical (unpaired) electrons. The van der Waals surface area contributed by atoms with Crippen molar-refractivity contribution in [3.8, 4) is 5.88 Å². The Kier molecular flexibility index (Phi) is 7.84. The number of morpholine rings is 1. The number of carboxylic acid groups (broad SMARTS) is 1. The van der Waals surface area contributed by atoms with Gasteiger partial charge >= 0.3 is 12.1 Å². The van der Waals surface area contributed by atoms with Crippen molar-refractivity contribution in [2.45, 2.75) is 44.6 Å². The van der Waals surface area contributed by atoms with Crippen molar-refractivity contribution < 1.29 is 32.5 Å². The maximum atomic E-state index is 10.6. The summed E-state index contributed by atoms with van der Waals surface area (Å²) in [6.07, 6.45) is -0.786. The van der Waals surface area contributed by atoms with E-state index in [1.807, 2.05) is 18.2 Å². The lowest BCUT2D eigenvalue weighted by Crippen LogP contribution is -2.47. The maximum Gasteiger partial charge on any atom is 0.490 e. The zero-order chi connectivity index (χ0) is 22.4. The number of ether oxygens (including phenoxy) is 2. The van der Waals surface area contributed by atoms with E-state index >= 15 is 0 Å². The summed E-state index contributed by atoms with van der Waals surface area (Å²) in [5.41, 5.74) is 1.19. The lowest BCUT2D eigenvalue weighted by atomic mass is 10.1. The van der Waals surface area contributed by atoms with Gasteiger partial charge in [0.15, 0.2) is 0 Å². The van der Waals surface area contributed by atoms with E-state index in [1.54, 1.807) is 17.5 Å². The predicted molar refractivity (Wildman–Crippen MR) is 107 cm³/mol. The monoisotopic (exact) mass is 459 g/mol. The molecule has 2 aliphatic rings. The van der Waals surface area contributed by atoms with Gasteiger partial charge in [-0.3, -0.25) is 4.90 Å². The van der Waals surface area contributed by atoms with Crippen LogP contribution in [0.15, 0.2) is 29.8 Å². The maximum absolute atomic E-state index is 10.6. The average molecular weight is 459 g/mol. The van der Waals surface area contributed by atoms with Gasteiger partial charge in [-0.25, -0.2) is 14.8 Å². The minimum Gasteiger partial charge on any atom is -0.477 e. The van der Waals surface area contributed by atoms with Crippen molar-refractivity contribution in [3.63, 3.8) is 0 Å². The fourth-order valence-electron chi connectivity index (χ4n) is 3.78. The van der Waals surface area contributed by atoms with E-state index in [2.05, 4.69) is 27.2 Å². The number of thiazole rings is 1. The number of rotatable bonds is 5. The number of alkyl halides is 3. The molecule has 7 nitrogen and oxygen atoms in total. The molecule has 0 amide bonds. The first-order chi connectivity index (χ1) is 14.7. The van der Waals surface area contributed by atoms with Crippen LogP contribution in [0.1, 0.15) is 23.5 Å². The molecule has 1 saturated heterocycles. The number of carboxylic acids is 1. The Bertz CT molecular complexity index is 850. The summed E-state index contributed by atoms with van der Waals surface area (Å²) in [6.45, 7) is 5.53. The van der Waals surface area contributed by atoms with Crippen LogP contribution in [-0.4, -0.2) is 64.0 Å². The Hall–Kier alpha value is -2.24. The molecule has 2 fully saturated rings. The number of nitrogens with zero attached hydrogens (tertiary/aromatic N) is 3. The number of halogens is 3. The molecule has 1 saturated carbocycles. The normalized spacial score (nSPS) is 23.5. The first kappa shape index (κ1) is 23.4. The molecule has 2 aromatic heterocycles. The van der Waals surface area contributed by atoms with Gasteiger partial charge in [-0.05, 0) is 31.7 Å². The van der Waals surface area contributed by atoms with E-state index in [1.165, 1.54) is 5.69 Å². The number of aryl methyl sites for hydroxylation is 1. The zero-order valence-electron chi connectivity index (χ0n) is 16.9. The van der Waals surface area contributed by atoms with Crippen molar-refractivity contribution in [1.82, 2.24) is 14.9 Å². The average Bonchev–Trinajstić information content (AvgIpc) is 3.33. The molecule has 0 bridgehead atoms. The number of aliphatic carboxylic acids is 1. The number of fused-ring (bicyclic) bond motifs is 1. The number of hydrogen-bond donors (Lipinski definition) is 1. The molecule has 1 N–H and O–H groups in total. The number of hydrogen-bond acceptors (Lipinski definition) is 7. The summed E-state index contributed by atoms with van der Waals surface area (Å²) in [4.78, 5) is 20.3. The first-order valence-corrected chi connectivity index (χ1v) is 10.7. The summed E-state index contributed by atoms with van der Waals surface area (Å²) in [7, 11) is 0. The summed E-state index contributed by atoms with van der Waals surface area (Å²) in [6, 6.07) is 6.26. The van der Waals surface area contributed by atoms with Gasteiger partial charge in [-0.15, -0.1) is 11.3 Å². The van der Waals surface area contributed by atoms with Crippen LogP contribution < -0.4 is 4.74 Å². The van der Waals surface area contributed by atoms with E-state index in [0.717, 1.165) is 44.2 Å². The molecule has 2 aromatic rings. The largest absolute Gasteiger partial charge is 0.490 e. The number of aromatic nitrogens is 2. The minimum atomic E-state index is -5.08. The molecule has 0 aromatic carbocycles. The molecule has 1 unspecified atom stereocenters. The molecule has 1 aliphatic heterocycles. The molecule has 11 heteroatoms. The van der Waals surface area contributed by atoms with Gasteiger partial charge in [-0.1, -0.05) is 6.07 Å². The van der Waals surface area contributed by atoms with E-state index in [4.69, 9.17) is 19.4 Å². The molecule has 4 rings (SSSR count). The zero-order valence-corrected chi connectivity index (χ0v) is 17.7. The highest BCUT2D eigenvalue weighted by Crippen LogP contribution is 2.35. The third-order valence-electron chi connectivity index (χ3n) is 5.13. The molecule has 3 atom stereocenters. The van der Waals surface area contributed by atoms with Gasteiger partial charge in [0.05, 0.1) is 30.0 Å². The van der Waals surface area contributed by atoms with Crippen molar-refractivity contribution in [2.75, 3.05) is 19.8 Å². The summed E-state index contributed by atoms with van der Waals surface area (Å²) in [5, 5.41) is 10.4. The SMILES string of the molecule is Cc1nc(CN2CCO[C@@H]3CC(COc4ccccn4)C[C@H]32)cs1.O=C(O)C(F)(F)F. The minimum absolute atomic E-state index is 0.329. The van der Waals surface area contributed by atoms with E-state index in [-0.39, 0.29) is 0 Å². The highest BCUT2D eigenvalue weighted by molar-refractivity contribution is 7.09. The van der Waals surface area contributed by atoms with Crippen molar-refractivity contribution in [2.24, 2.45) is 5.92 Å². The first-order valence-electron chi connectivity index (χ1n) is 9.83. The van der Waals surface area contributed by atoms with Gasteiger partial charge in [0.2, 0.25) is 5.88 Å². The smallest absolute Gasteiger partial charge is 0.477 e. The van der Waals surface area contributed by atoms with Crippen LogP contribution in [0.2, 0.25) is 0 Å².